The van der Waals surface area contributed by atoms with E-state index in [2.05, 4.69) is 27.8 Å². The van der Waals surface area contributed by atoms with Gasteiger partial charge in [0.1, 0.15) is 0 Å². The topological polar surface area (TPSA) is 72.5 Å². The summed E-state index contributed by atoms with van der Waals surface area (Å²) in [6, 6.07) is 13.7. The minimum Gasteiger partial charge on any atom is -0.478 e. The van der Waals surface area contributed by atoms with Crippen molar-refractivity contribution in [3.8, 4) is 5.88 Å². The lowest BCUT2D eigenvalue weighted by molar-refractivity contribution is -0.0269. The molecule has 0 radical (unpaired) electrons. The van der Waals surface area contributed by atoms with Gasteiger partial charge in [-0.25, -0.2) is 9.78 Å². The molecular weight excluding hydrogens is 342 g/mol. The van der Waals surface area contributed by atoms with E-state index in [0.29, 0.717) is 25.6 Å². The SMILES string of the molecule is CCOc1cc(CNC(=O)NCC2CCCOC2c2ccccc2)ccn1. The van der Waals surface area contributed by atoms with Crippen LogP contribution in [0.4, 0.5) is 4.79 Å². The Hall–Kier alpha value is -2.60. The van der Waals surface area contributed by atoms with Gasteiger partial charge >= 0.3 is 6.03 Å². The molecule has 1 aliphatic rings. The van der Waals surface area contributed by atoms with E-state index in [0.717, 1.165) is 25.0 Å². The molecule has 144 valence electrons. The number of carbonyl (C=O) groups is 1. The second-order valence-electron chi connectivity index (χ2n) is 6.60. The first-order valence-electron chi connectivity index (χ1n) is 9.52. The predicted octanol–water partition coefficient (Wildman–Crippen LogP) is 3.45. The van der Waals surface area contributed by atoms with Gasteiger partial charge in [0.15, 0.2) is 0 Å². The molecule has 2 atom stereocenters. The maximum Gasteiger partial charge on any atom is 0.315 e. The van der Waals surface area contributed by atoms with E-state index in [4.69, 9.17) is 9.47 Å². The van der Waals surface area contributed by atoms with Crippen LogP contribution in [0, 0.1) is 5.92 Å². The molecule has 6 heteroatoms. The maximum atomic E-state index is 12.2. The molecule has 2 N–H and O–H groups in total. The van der Waals surface area contributed by atoms with Crippen molar-refractivity contribution in [2.24, 2.45) is 5.92 Å². The summed E-state index contributed by atoms with van der Waals surface area (Å²) in [5.41, 5.74) is 2.12. The van der Waals surface area contributed by atoms with E-state index in [-0.39, 0.29) is 18.1 Å². The third-order valence-electron chi connectivity index (χ3n) is 4.64. The number of benzene rings is 1. The second kappa shape index (κ2) is 9.92. The number of pyridine rings is 1. The summed E-state index contributed by atoms with van der Waals surface area (Å²) >= 11 is 0. The van der Waals surface area contributed by atoms with Crippen LogP contribution in [0.25, 0.3) is 0 Å². The van der Waals surface area contributed by atoms with Crippen molar-refractivity contribution < 1.29 is 14.3 Å². The molecule has 0 spiro atoms. The fourth-order valence-corrected chi connectivity index (χ4v) is 3.32. The zero-order valence-electron chi connectivity index (χ0n) is 15.7. The van der Waals surface area contributed by atoms with Crippen molar-refractivity contribution >= 4 is 6.03 Å². The molecule has 2 amide bonds. The number of hydrogen-bond acceptors (Lipinski definition) is 4. The molecular formula is C21H27N3O3. The summed E-state index contributed by atoms with van der Waals surface area (Å²) in [5.74, 6) is 0.847. The van der Waals surface area contributed by atoms with Crippen molar-refractivity contribution in [1.82, 2.24) is 15.6 Å². The normalized spacial score (nSPS) is 19.3. The van der Waals surface area contributed by atoms with E-state index in [1.165, 1.54) is 5.56 Å². The van der Waals surface area contributed by atoms with Gasteiger partial charge in [0.2, 0.25) is 5.88 Å². The zero-order chi connectivity index (χ0) is 18.9. The Bertz CT molecular complexity index is 724. The van der Waals surface area contributed by atoms with Gasteiger partial charge < -0.3 is 20.1 Å². The summed E-state index contributed by atoms with van der Waals surface area (Å²) in [6.07, 6.45) is 3.79. The number of aromatic nitrogens is 1. The Morgan fingerprint density at radius 1 is 1.26 bits per heavy atom. The number of amides is 2. The number of hydrogen-bond donors (Lipinski definition) is 2. The van der Waals surface area contributed by atoms with Crippen LogP contribution < -0.4 is 15.4 Å². The highest BCUT2D eigenvalue weighted by molar-refractivity contribution is 5.73. The molecule has 2 unspecified atom stereocenters. The van der Waals surface area contributed by atoms with Gasteiger partial charge in [0, 0.05) is 37.9 Å². The fourth-order valence-electron chi connectivity index (χ4n) is 3.32. The highest BCUT2D eigenvalue weighted by Gasteiger charge is 2.27. The number of urea groups is 1. The lowest BCUT2D eigenvalue weighted by atomic mass is 9.89. The maximum absolute atomic E-state index is 12.2. The first-order chi connectivity index (χ1) is 13.3. The van der Waals surface area contributed by atoms with Crippen LogP contribution >= 0.6 is 0 Å². The minimum absolute atomic E-state index is 0.0363. The van der Waals surface area contributed by atoms with Crippen molar-refractivity contribution in [3.05, 3.63) is 59.8 Å². The van der Waals surface area contributed by atoms with E-state index >= 15 is 0 Å². The molecule has 6 nitrogen and oxygen atoms in total. The highest BCUT2D eigenvalue weighted by atomic mass is 16.5. The van der Waals surface area contributed by atoms with Gasteiger partial charge in [-0.2, -0.15) is 0 Å². The quantitative estimate of drug-likeness (QED) is 0.784. The van der Waals surface area contributed by atoms with E-state index in [1.807, 2.05) is 37.3 Å². The fraction of sp³-hybridized carbons (Fsp3) is 0.429. The van der Waals surface area contributed by atoms with Gasteiger partial charge in [0.05, 0.1) is 12.7 Å². The second-order valence-corrected chi connectivity index (χ2v) is 6.60. The molecule has 1 fully saturated rings. The summed E-state index contributed by atoms with van der Waals surface area (Å²) in [5, 5.41) is 5.87. The molecule has 1 aliphatic heterocycles. The number of ether oxygens (including phenoxy) is 2. The van der Waals surface area contributed by atoms with Crippen molar-refractivity contribution in [2.45, 2.75) is 32.4 Å². The van der Waals surface area contributed by atoms with Crippen LogP contribution in [0.1, 0.15) is 37.0 Å². The molecule has 2 aromatic rings. The van der Waals surface area contributed by atoms with Crippen LogP contribution in [0.2, 0.25) is 0 Å². The standard InChI is InChI=1S/C21H27N3O3/c1-2-26-19-13-16(10-11-22-19)14-23-21(25)24-15-18-9-6-12-27-20(18)17-7-4-3-5-8-17/h3-5,7-8,10-11,13,18,20H,2,6,9,12,14-15H2,1H3,(H2,23,24,25). The van der Waals surface area contributed by atoms with Crippen molar-refractivity contribution in [3.63, 3.8) is 0 Å². The Morgan fingerprint density at radius 2 is 2.11 bits per heavy atom. The third kappa shape index (κ3) is 5.69. The van der Waals surface area contributed by atoms with Crippen LogP contribution in [-0.2, 0) is 11.3 Å². The Balaban J connectivity index is 1.48. The average molecular weight is 369 g/mol. The molecule has 2 heterocycles. The van der Waals surface area contributed by atoms with E-state index in [1.54, 1.807) is 6.20 Å². The lowest BCUT2D eigenvalue weighted by Gasteiger charge is -2.32. The van der Waals surface area contributed by atoms with Gasteiger partial charge in [-0.15, -0.1) is 0 Å². The lowest BCUT2D eigenvalue weighted by Crippen LogP contribution is -2.40. The number of carbonyl (C=O) groups excluding carboxylic acids is 1. The third-order valence-corrected chi connectivity index (χ3v) is 4.64. The van der Waals surface area contributed by atoms with Gasteiger partial charge in [-0.05, 0) is 37.0 Å². The van der Waals surface area contributed by atoms with Crippen LogP contribution in [0.3, 0.4) is 0 Å². The highest BCUT2D eigenvalue weighted by Crippen LogP contribution is 2.32. The number of nitrogens with zero attached hydrogens (tertiary/aromatic N) is 1. The minimum atomic E-state index is -0.179. The van der Waals surface area contributed by atoms with Crippen molar-refractivity contribution in [2.75, 3.05) is 19.8 Å². The first kappa shape index (κ1) is 19.2. The van der Waals surface area contributed by atoms with Gasteiger partial charge in [-0.1, -0.05) is 30.3 Å². The van der Waals surface area contributed by atoms with Crippen LogP contribution in [0.15, 0.2) is 48.7 Å². The Labute approximate surface area is 160 Å². The number of rotatable bonds is 7. The molecule has 0 bridgehead atoms. The smallest absolute Gasteiger partial charge is 0.315 e. The van der Waals surface area contributed by atoms with Gasteiger partial charge in [-0.3, -0.25) is 0 Å². The predicted molar refractivity (Wildman–Crippen MR) is 104 cm³/mol. The average Bonchev–Trinajstić information content (AvgIpc) is 2.72. The van der Waals surface area contributed by atoms with Crippen LogP contribution in [-0.4, -0.2) is 30.8 Å². The molecule has 0 saturated carbocycles. The molecule has 1 saturated heterocycles. The van der Waals surface area contributed by atoms with Gasteiger partial charge in [0.25, 0.3) is 0 Å². The summed E-state index contributed by atoms with van der Waals surface area (Å²) in [6.45, 7) is 4.27. The number of nitrogens with one attached hydrogen (secondary N) is 2. The molecule has 1 aromatic heterocycles. The molecule has 1 aromatic carbocycles. The Kier molecular flexibility index (Phi) is 7.04. The molecule has 0 aliphatic carbocycles. The van der Waals surface area contributed by atoms with Crippen molar-refractivity contribution in [1.29, 1.82) is 0 Å². The van der Waals surface area contributed by atoms with Crippen LogP contribution in [0.5, 0.6) is 5.88 Å². The molecule has 3 rings (SSSR count). The summed E-state index contributed by atoms with van der Waals surface area (Å²) < 4.78 is 11.4. The first-order valence-corrected chi connectivity index (χ1v) is 9.52. The largest absolute Gasteiger partial charge is 0.478 e. The zero-order valence-corrected chi connectivity index (χ0v) is 15.7. The summed E-state index contributed by atoms with van der Waals surface area (Å²) in [7, 11) is 0. The Morgan fingerprint density at radius 3 is 2.93 bits per heavy atom. The molecule has 27 heavy (non-hydrogen) atoms. The van der Waals surface area contributed by atoms with E-state index < -0.39 is 0 Å². The summed E-state index contributed by atoms with van der Waals surface area (Å²) in [4.78, 5) is 16.3. The monoisotopic (exact) mass is 369 g/mol. The van der Waals surface area contributed by atoms with E-state index in [9.17, 15) is 4.79 Å².